The second-order valence-corrected chi connectivity index (χ2v) is 7.77. The number of hydrogen-bond donors (Lipinski definition) is 2. The number of nitrogens with two attached hydrogens (primary N) is 2. The standard InChI is InChI=1S/C18H34N4O4S2/c1-27-17(23)25-21-15(19)13-11-9-7-5-3-4-6-8-10-12-14-16(20)22-26-18(24)28-2/h3-14H2,1-2H3,(H2,19,21)(H2,20,22). The Bertz CT molecular complexity index is 458. The van der Waals surface area contributed by atoms with Gasteiger partial charge in [0.25, 0.3) is 0 Å². The summed E-state index contributed by atoms with van der Waals surface area (Å²) in [6, 6.07) is 0. The van der Waals surface area contributed by atoms with Crippen LogP contribution in [0, 0.1) is 0 Å². The lowest BCUT2D eigenvalue weighted by Crippen LogP contribution is -2.12. The number of unbranched alkanes of at least 4 members (excludes halogenated alkanes) is 9. The Labute approximate surface area is 176 Å². The van der Waals surface area contributed by atoms with Gasteiger partial charge in [0, 0.05) is 12.8 Å². The van der Waals surface area contributed by atoms with Crippen molar-refractivity contribution in [1.82, 2.24) is 0 Å². The highest BCUT2D eigenvalue weighted by Gasteiger charge is 2.01. The molecule has 0 aromatic rings. The molecule has 0 spiro atoms. The average Bonchev–Trinajstić information content (AvgIpc) is 2.70. The van der Waals surface area contributed by atoms with Gasteiger partial charge in [0.1, 0.15) is 11.7 Å². The maximum Gasteiger partial charge on any atom is 0.393 e. The summed E-state index contributed by atoms with van der Waals surface area (Å²) in [5, 5.41) is 6.30. The third-order valence-electron chi connectivity index (χ3n) is 3.92. The van der Waals surface area contributed by atoms with E-state index in [1.165, 1.54) is 38.5 Å². The van der Waals surface area contributed by atoms with Crippen LogP contribution in [0.3, 0.4) is 0 Å². The molecule has 10 heteroatoms. The van der Waals surface area contributed by atoms with E-state index in [1.54, 1.807) is 12.5 Å². The van der Waals surface area contributed by atoms with Gasteiger partial charge in [-0.1, -0.05) is 61.7 Å². The number of thioether (sulfide) groups is 2. The summed E-state index contributed by atoms with van der Waals surface area (Å²) in [6.45, 7) is 0. The van der Waals surface area contributed by atoms with E-state index < -0.39 is 10.6 Å². The van der Waals surface area contributed by atoms with Crippen molar-refractivity contribution in [3.63, 3.8) is 0 Å². The highest BCUT2D eigenvalue weighted by atomic mass is 32.2. The summed E-state index contributed by atoms with van der Waals surface area (Å²) in [5.41, 5.74) is 11.4. The van der Waals surface area contributed by atoms with Gasteiger partial charge in [-0.15, -0.1) is 0 Å². The summed E-state index contributed by atoms with van der Waals surface area (Å²) in [6.07, 6.45) is 16.0. The Balaban J connectivity index is 3.40. The molecule has 0 saturated carbocycles. The molecule has 0 fully saturated rings. The van der Waals surface area contributed by atoms with Crippen LogP contribution in [-0.2, 0) is 9.68 Å². The molecule has 0 rings (SSSR count). The third kappa shape index (κ3) is 18.0. The Kier molecular flexibility index (Phi) is 18.0. The second-order valence-electron chi connectivity index (χ2n) is 6.29. The SMILES string of the molecule is CSC(=O)O/N=C(\N)CCCCCCCCCCCC/C(N)=N\OC(=O)SC. The predicted molar refractivity (Wildman–Crippen MR) is 119 cm³/mol. The first kappa shape index (κ1) is 26.6. The summed E-state index contributed by atoms with van der Waals surface area (Å²) >= 11 is 1.93. The highest BCUT2D eigenvalue weighted by Crippen LogP contribution is 2.12. The van der Waals surface area contributed by atoms with Gasteiger partial charge in [-0.2, -0.15) is 0 Å². The van der Waals surface area contributed by atoms with Gasteiger partial charge >= 0.3 is 10.6 Å². The van der Waals surface area contributed by atoms with Crippen LogP contribution in [0.5, 0.6) is 0 Å². The van der Waals surface area contributed by atoms with Gasteiger partial charge in [0.15, 0.2) is 0 Å². The van der Waals surface area contributed by atoms with E-state index in [1.807, 2.05) is 0 Å². The number of oxime groups is 2. The molecule has 0 radical (unpaired) electrons. The fourth-order valence-corrected chi connectivity index (χ4v) is 2.61. The van der Waals surface area contributed by atoms with Crippen molar-refractivity contribution in [2.75, 3.05) is 12.5 Å². The molecule has 0 heterocycles. The first-order chi connectivity index (χ1) is 13.5. The topological polar surface area (TPSA) is 129 Å². The monoisotopic (exact) mass is 434 g/mol. The normalized spacial score (nSPS) is 12.1. The number of carbonyl (C=O) groups excluding carboxylic acids is 2. The fraction of sp³-hybridized carbons (Fsp3) is 0.778. The molecule has 0 atom stereocenters. The zero-order valence-electron chi connectivity index (χ0n) is 17.0. The van der Waals surface area contributed by atoms with Crippen LogP contribution in [-0.4, -0.2) is 34.8 Å². The van der Waals surface area contributed by atoms with Crippen LogP contribution < -0.4 is 11.5 Å². The molecule has 28 heavy (non-hydrogen) atoms. The van der Waals surface area contributed by atoms with Crippen LogP contribution in [0.2, 0.25) is 0 Å². The Morgan fingerprint density at radius 3 is 1.21 bits per heavy atom. The van der Waals surface area contributed by atoms with E-state index in [2.05, 4.69) is 20.0 Å². The molecule has 8 nitrogen and oxygen atoms in total. The van der Waals surface area contributed by atoms with Crippen molar-refractivity contribution in [2.24, 2.45) is 21.8 Å². The molecule has 0 unspecified atom stereocenters. The van der Waals surface area contributed by atoms with E-state index in [9.17, 15) is 9.59 Å². The first-order valence-electron chi connectivity index (χ1n) is 9.64. The van der Waals surface area contributed by atoms with Crippen LogP contribution in [0.15, 0.2) is 10.3 Å². The quantitative estimate of drug-likeness (QED) is 0.118. The summed E-state index contributed by atoms with van der Waals surface area (Å²) in [4.78, 5) is 31.0. The molecule has 162 valence electrons. The molecule has 0 aliphatic carbocycles. The lowest BCUT2D eigenvalue weighted by molar-refractivity contribution is 0.179. The predicted octanol–water partition coefficient (Wildman–Crippen LogP) is 5.21. The number of carbonyl (C=O) groups is 2. The van der Waals surface area contributed by atoms with Crippen LogP contribution in [0.1, 0.15) is 77.0 Å². The molecular weight excluding hydrogens is 400 g/mol. The largest absolute Gasteiger partial charge is 0.393 e. The van der Waals surface area contributed by atoms with Crippen molar-refractivity contribution >= 4 is 45.8 Å². The Hall–Kier alpha value is -1.42. The number of hydrogen-bond acceptors (Lipinski definition) is 8. The van der Waals surface area contributed by atoms with Gasteiger partial charge in [-0.3, -0.25) is 0 Å². The third-order valence-corrected chi connectivity index (χ3v) is 4.74. The van der Waals surface area contributed by atoms with Gasteiger partial charge in [-0.05, 0) is 48.9 Å². The van der Waals surface area contributed by atoms with E-state index in [-0.39, 0.29) is 0 Å². The van der Waals surface area contributed by atoms with E-state index >= 15 is 0 Å². The highest BCUT2D eigenvalue weighted by molar-refractivity contribution is 8.12. The van der Waals surface area contributed by atoms with Crippen LogP contribution in [0.4, 0.5) is 9.59 Å². The number of nitrogens with zero attached hydrogens (tertiary/aromatic N) is 2. The smallest absolute Gasteiger partial charge is 0.384 e. The minimum Gasteiger partial charge on any atom is -0.384 e. The fourth-order valence-electron chi connectivity index (χ4n) is 2.38. The first-order valence-corrected chi connectivity index (χ1v) is 12.1. The summed E-state index contributed by atoms with van der Waals surface area (Å²) in [5.74, 6) is 0.742. The molecule has 0 bridgehead atoms. The van der Waals surface area contributed by atoms with E-state index in [4.69, 9.17) is 11.5 Å². The van der Waals surface area contributed by atoms with Crippen molar-refractivity contribution in [2.45, 2.75) is 77.0 Å². The maximum atomic E-state index is 10.9. The lowest BCUT2D eigenvalue weighted by atomic mass is 10.0. The second kappa shape index (κ2) is 18.9. The molecule has 0 saturated heterocycles. The molecule has 0 aliphatic rings. The van der Waals surface area contributed by atoms with Gasteiger partial charge < -0.3 is 21.1 Å². The van der Waals surface area contributed by atoms with E-state index in [0.717, 1.165) is 49.2 Å². The van der Waals surface area contributed by atoms with Gasteiger partial charge in [0.2, 0.25) is 0 Å². The molecule has 0 amide bonds. The van der Waals surface area contributed by atoms with Crippen LogP contribution in [0.25, 0.3) is 0 Å². The average molecular weight is 435 g/mol. The number of amidine groups is 2. The van der Waals surface area contributed by atoms with Crippen molar-refractivity contribution in [1.29, 1.82) is 0 Å². The number of rotatable bonds is 15. The summed E-state index contributed by atoms with van der Waals surface area (Å²) in [7, 11) is 0. The van der Waals surface area contributed by atoms with Crippen molar-refractivity contribution in [3.8, 4) is 0 Å². The van der Waals surface area contributed by atoms with Crippen LogP contribution >= 0.6 is 23.5 Å². The molecule has 0 aromatic heterocycles. The molecular formula is C18H34N4O4S2. The summed E-state index contributed by atoms with van der Waals surface area (Å²) < 4.78 is 0. The zero-order chi connectivity index (χ0) is 21.0. The minimum absolute atomic E-state index is 0.371. The maximum absolute atomic E-state index is 10.9. The zero-order valence-corrected chi connectivity index (χ0v) is 18.6. The van der Waals surface area contributed by atoms with Gasteiger partial charge in [0.05, 0.1) is 0 Å². The van der Waals surface area contributed by atoms with Gasteiger partial charge in [-0.25, -0.2) is 9.59 Å². The van der Waals surface area contributed by atoms with Crippen molar-refractivity contribution < 1.29 is 19.3 Å². The molecule has 4 N–H and O–H groups in total. The Morgan fingerprint density at radius 1 is 0.643 bits per heavy atom. The lowest BCUT2D eigenvalue weighted by Gasteiger charge is -2.03. The molecule has 0 aliphatic heterocycles. The van der Waals surface area contributed by atoms with Crippen molar-refractivity contribution in [3.05, 3.63) is 0 Å². The molecule has 0 aromatic carbocycles. The Morgan fingerprint density at radius 2 is 0.929 bits per heavy atom. The minimum atomic E-state index is -0.448. The van der Waals surface area contributed by atoms with E-state index in [0.29, 0.717) is 24.5 Å².